The smallest absolute Gasteiger partial charge is 0.255 e. The molecule has 6 heteroatoms. The molecule has 0 saturated carbocycles. The standard InChI is InChI=1S/C21H18N2O3S/c1-13(25)17(12-24)14-4-6-15(7-5-14)21(26)23-19-11-16(8-9-18(19)22)20-3-2-10-27-20/h2-12,17H,22H2,1H3,(H,23,26). The maximum absolute atomic E-state index is 12.5. The molecule has 0 aliphatic carbocycles. The second-order valence-electron chi connectivity index (χ2n) is 6.08. The number of anilines is 2. The van der Waals surface area contributed by atoms with Crippen LogP contribution in [0.4, 0.5) is 11.4 Å². The van der Waals surface area contributed by atoms with Gasteiger partial charge >= 0.3 is 0 Å². The molecule has 2 aromatic carbocycles. The van der Waals surface area contributed by atoms with Crippen LogP contribution in [-0.2, 0) is 9.59 Å². The largest absolute Gasteiger partial charge is 0.397 e. The molecule has 1 unspecified atom stereocenters. The summed E-state index contributed by atoms with van der Waals surface area (Å²) in [5, 5.41) is 4.80. The van der Waals surface area contributed by atoms with Crippen LogP contribution in [0.3, 0.4) is 0 Å². The average Bonchev–Trinajstić information content (AvgIpc) is 3.19. The Kier molecular flexibility index (Phi) is 5.47. The molecule has 136 valence electrons. The van der Waals surface area contributed by atoms with Crippen molar-refractivity contribution in [1.82, 2.24) is 0 Å². The highest BCUT2D eigenvalue weighted by atomic mass is 32.1. The fourth-order valence-corrected chi connectivity index (χ4v) is 3.43. The summed E-state index contributed by atoms with van der Waals surface area (Å²) in [4.78, 5) is 36.2. The number of rotatable bonds is 6. The van der Waals surface area contributed by atoms with E-state index < -0.39 is 5.92 Å². The summed E-state index contributed by atoms with van der Waals surface area (Å²) in [7, 11) is 0. The van der Waals surface area contributed by atoms with Gasteiger partial charge in [0.15, 0.2) is 0 Å². The number of carbonyl (C=O) groups excluding carboxylic acids is 3. The van der Waals surface area contributed by atoms with Gasteiger partial charge in [0.2, 0.25) is 0 Å². The molecular formula is C21H18N2O3S. The van der Waals surface area contributed by atoms with Crippen molar-refractivity contribution in [2.24, 2.45) is 0 Å². The van der Waals surface area contributed by atoms with Crippen LogP contribution in [0, 0.1) is 0 Å². The number of nitrogens with two attached hydrogens (primary N) is 1. The first-order chi connectivity index (χ1) is 13.0. The van der Waals surface area contributed by atoms with Crippen LogP contribution in [0.25, 0.3) is 10.4 Å². The monoisotopic (exact) mass is 378 g/mol. The summed E-state index contributed by atoms with van der Waals surface area (Å²) < 4.78 is 0. The number of carbonyl (C=O) groups is 3. The number of ketones is 1. The second kappa shape index (κ2) is 7.97. The van der Waals surface area contributed by atoms with Crippen molar-refractivity contribution in [3.8, 4) is 10.4 Å². The molecule has 1 atom stereocenters. The number of benzene rings is 2. The predicted molar refractivity (Wildman–Crippen MR) is 108 cm³/mol. The highest BCUT2D eigenvalue weighted by Gasteiger charge is 2.16. The summed E-state index contributed by atoms with van der Waals surface area (Å²) in [6.45, 7) is 1.36. The van der Waals surface area contributed by atoms with Crippen molar-refractivity contribution in [3.05, 3.63) is 71.1 Å². The van der Waals surface area contributed by atoms with Crippen LogP contribution in [0.15, 0.2) is 60.0 Å². The number of hydrogen-bond donors (Lipinski definition) is 2. The Morgan fingerprint density at radius 2 is 1.85 bits per heavy atom. The average molecular weight is 378 g/mol. The number of amides is 1. The van der Waals surface area contributed by atoms with Crippen molar-refractivity contribution >= 4 is 40.7 Å². The third-order valence-corrected chi connectivity index (χ3v) is 5.13. The van der Waals surface area contributed by atoms with Gasteiger partial charge in [-0.3, -0.25) is 9.59 Å². The molecule has 0 bridgehead atoms. The summed E-state index contributed by atoms with van der Waals surface area (Å²) in [6.07, 6.45) is 0.605. The van der Waals surface area contributed by atoms with E-state index in [4.69, 9.17) is 5.73 Å². The third-order valence-electron chi connectivity index (χ3n) is 4.21. The molecule has 0 radical (unpaired) electrons. The first-order valence-electron chi connectivity index (χ1n) is 8.30. The number of thiophene rings is 1. The Balaban J connectivity index is 1.80. The van der Waals surface area contributed by atoms with Gasteiger partial charge in [-0.2, -0.15) is 0 Å². The molecule has 0 spiro atoms. The first kappa shape index (κ1) is 18.5. The zero-order valence-electron chi connectivity index (χ0n) is 14.6. The summed E-state index contributed by atoms with van der Waals surface area (Å²) in [5.74, 6) is -1.36. The minimum absolute atomic E-state index is 0.236. The molecule has 3 N–H and O–H groups in total. The highest BCUT2D eigenvalue weighted by molar-refractivity contribution is 7.13. The van der Waals surface area contributed by atoms with Gasteiger partial charge in [0.05, 0.1) is 17.3 Å². The fraction of sp³-hybridized carbons (Fsp3) is 0.0952. The maximum atomic E-state index is 12.5. The molecule has 1 heterocycles. The SMILES string of the molecule is CC(=O)C(C=O)c1ccc(C(=O)Nc2cc(-c3cccs3)ccc2N)cc1. The van der Waals surface area contributed by atoms with E-state index in [0.29, 0.717) is 28.8 Å². The van der Waals surface area contributed by atoms with Crippen molar-refractivity contribution in [3.63, 3.8) is 0 Å². The molecule has 3 aromatic rings. The van der Waals surface area contributed by atoms with E-state index in [9.17, 15) is 14.4 Å². The van der Waals surface area contributed by atoms with Gasteiger partial charge in [0.1, 0.15) is 12.1 Å². The van der Waals surface area contributed by atoms with E-state index in [2.05, 4.69) is 5.32 Å². The molecule has 3 rings (SSSR count). The van der Waals surface area contributed by atoms with E-state index in [-0.39, 0.29) is 11.7 Å². The Morgan fingerprint density at radius 3 is 2.44 bits per heavy atom. The van der Waals surface area contributed by atoms with E-state index in [1.54, 1.807) is 41.7 Å². The van der Waals surface area contributed by atoms with Crippen molar-refractivity contribution in [1.29, 1.82) is 0 Å². The lowest BCUT2D eigenvalue weighted by atomic mass is 9.96. The molecular weight excluding hydrogens is 360 g/mol. The van der Waals surface area contributed by atoms with Gasteiger partial charge in [0.25, 0.3) is 5.91 Å². The minimum Gasteiger partial charge on any atom is -0.397 e. The van der Waals surface area contributed by atoms with Gasteiger partial charge in [-0.25, -0.2) is 0 Å². The van der Waals surface area contributed by atoms with Crippen LogP contribution >= 0.6 is 11.3 Å². The molecule has 27 heavy (non-hydrogen) atoms. The molecule has 1 amide bonds. The lowest BCUT2D eigenvalue weighted by molar-refractivity contribution is -0.122. The summed E-state index contributed by atoms with van der Waals surface area (Å²) >= 11 is 1.60. The first-order valence-corrected chi connectivity index (χ1v) is 9.18. The van der Waals surface area contributed by atoms with Gasteiger partial charge in [0, 0.05) is 10.4 Å². The van der Waals surface area contributed by atoms with E-state index in [1.807, 2.05) is 29.6 Å². The molecule has 0 fully saturated rings. The lowest BCUT2D eigenvalue weighted by Gasteiger charge is -2.11. The van der Waals surface area contributed by atoms with Crippen LogP contribution in [-0.4, -0.2) is 18.0 Å². The third kappa shape index (κ3) is 4.12. The number of aldehydes is 1. The Labute approximate surface area is 160 Å². The van der Waals surface area contributed by atoms with Crippen molar-refractivity contribution < 1.29 is 14.4 Å². The molecule has 5 nitrogen and oxygen atoms in total. The highest BCUT2D eigenvalue weighted by Crippen LogP contribution is 2.30. The van der Waals surface area contributed by atoms with Gasteiger partial charge in [-0.05, 0) is 53.8 Å². The number of hydrogen-bond acceptors (Lipinski definition) is 5. The molecule has 1 aromatic heterocycles. The zero-order valence-corrected chi connectivity index (χ0v) is 15.5. The van der Waals surface area contributed by atoms with E-state index >= 15 is 0 Å². The number of nitrogen functional groups attached to an aromatic ring is 1. The number of nitrogens with one attached hydrogen (secondary N) is 1. The fourth-order valence-electron chi connectivity index (χ4n) is 2.71. The Hall–Kier alpha value is -3.25. The van der Waals surface area contributed by atoms with Crippen molar-refractivity contribution in [2.75, 3.05) is 11.1 Å². The lowest BCUT2D eigenvalue weighted by Crippen LogP contribution is -2.14. The predicted octanol–water partition coefficient (Wildman–Crippen LogP) is 4.12. The van der Waals surface area contributed by atoms with E-state index in [1.165, 1.54) is 6.92 Å². The Morgan fingerprint density at radius 1 is 1.11 bits per heavy atom. The van der Waals surface area contributed by atoms with Crippen LogP contribution in [0.2, 0.25) is 0 Å². The molecule has 0 saturated heterocycles. The second-order valence-corrected chi connectivity index (χ2v) is 7.03. The zero-order chi connectivity index (χ0) is 19.4. The normalized spacial score (nSPS) is 11.6. The van der Waals surface area contributed by atoms with Crippen LogP contribution < -0.4 is 11.1 Å². The Bertz CT molecular complexity index is 979. The topological polar surface area (TPSA) is 89.3 Å². The van der Waals surface area contributed by atoms with Crippen LogP contribution in [0.5, 0.6) is 0 Å². The number of Topliss-reactive ketones (excluding diaryl/α,β-unsaturated/α-hetero) is 1. The quantitative estimate of drug-likeness (QED) is 0.384. The van der Waals surface area contributed by atoms with Crippen LogP contribution in [0.1, 0.15) is 28.8 Å². The van der Waals surface area contributed by atoms with Gasteiger partial charge in [-0.1, -0.05) is 24.3 Å². The summed E-state index contributed by atoms with van der Waals surface area (Å²) in [5.41, 5.74) is 8.94. The minimum atomic E-state index is -0.805. The molecule has 0 aliphatic heterocycles. The summed E-state index contributed by atoms with van der Waals surface area (Å²) in [6, 6.07) is 15.9. The van der Waals surface area contributed by atoms with E-state index in [0.717, 1.165) is 10.4 Å². The molecule has 0 aliphatic rings. The van der Waals surface area contributed by atoms with Gasteiger partial charge < -0.3 is 15.8 Å². The maximum Gasteiger partial charge on any atom is 0.255 e. The van der Waals surface area contributed by atoms with Crippen molar-refractivity contribution in [2.45, 2.75) is 12.8 Å². The van der Waals surface area contributed by atoms with Gasteiger partial charge in [-0.15, -0.1) is 11.3 Å².